The minimum absolute atomic E-state index is 0.124. The van der Waals surface area contributed by atoms with Crippen LogP contribution in [0.15, 0.2) is 40.4 Å². The lowest BCUT2D eigenvalue weighted by Gasteiger charge is -2.14. The molecule has 1 aromatic heterocycles. The van der Waals surface area contributed by atoms with Crippen molar-refractivity contribution in [2.24, 2.45) is 15.8 Å². The molecule has 1 aliphatic rings. The van der Waals surface area contributed by atoms with Crippen LogP contribution in [0.2, 0.25) is 0 Å². The number of aliphatic imine (C=N–C) groups is 1. The average molecular weight is 298 g/mol. The summed E-state index contributed by atoms with van der Waals surface area (Å²) in [6.07, 6.45) is 3.43. The van der Waals surface area contributed by atoms with E-state index in [9.17, 15) is 0 Å². The number of nitrogens with zero attached hydrogens (tertiary/aromatic N) is 4. The van der Waals surface area contributed by atoms with Crippen molar-refractivity contribution in [3.63, 3.8) is 0 Å². The van der Waals surface area contributed by atoms with Gasteiger partial charge in [0.05, 0.1) is 24.8 Å². The first-order valence-electron chi connectivity index (χ1n) is 6.49. The number of anilines is 1. The lowest BCUT2D eigenvalue weighted by atomic mass is 10.1. The Balaban J connectivity index is 2.04. The summed E-state index contributed by atoms with van der Waals surface area (Å²) >= 11 is 4.73. The molecule has 0 amide bonds. The second kappa shape index (κ2) is 5.84. The van der Waals surface area contributed by atoms with Crippen molar-refractivity contribution in [2.75, 3.05) is 18.0 Å². The van der Waals surface area contributed by atoms with Crippen LogP contribution in [-0.2, 0) is 0 Å². The molecule has 0 radical (unpaired) electrons. The summed E-state index contributed by atoms with van der Waals surface area (Å²) in [5.41, 5.74) is 8.66. The van der Waals surface area contributed by atoms with Gasteiger partial charge in [-0.05, 0) is 23.7 Å². The topological polar surface area (TPSA) is 78.9 Å². The molecule has 1 aromatic carbocycles. The van der Waals surface area contributed by atoms with Crippen LogP contribution in [0.25, 0.3) is 10.8 Å². The third kappa shape index (κ3) is 2.97. The van der Waals surface area contributed by atoms with Crippen molar-refractivity contribution in [2.45, 2.75) is 0 Å². The Morgan fingerprint density at radius 2 is 2.29 bits per heavy atom. The van der Waals surface area contributed by atoms with Crippen LogP contribution in [0.1, 0.15) is 5.69 Å². The van der Waals surface area contributed by atoms with Crippen LogP contribution in [0.4, 0.5) is 5.82 Å². The molecule has 21 heavy (non-hydrogen) atoms. The van der Waals surface area contributed by atoms with Crippen molar-refractivity contribution >= 4 is 46.5 Å². The largest absolute Gasteiger partial charge is 0.375 e. The molecule has 6 nitrogen and oxygen atoms in total. The van der Waals surface area contributed by atoms with Crippen LogP contribution >= 0.6 is 12.2 Å². The van der Waals surface area contributed by atoms with Gasteiger partial charge in [0.1, 0.15) is 5.82 Å². The number of pyridine rings is 1. The van der Waals surface area contributed by atoms with Crippen LogP contribution < -0.4 is 16.1 Å². The minimum Gasteiger partial charge on any atom is -0.375 e. The van der Waals surface area contributed by atoms with Gasteiger partial charge in [-0.25, -0.2) is 4.98 Å². The van der Waals surface area contributed by atoms with Crippen molar-refractivity contribution in [1.29, 1.82) is 0 Å². The van der Waals surface area contributed by atoms with Gasteiger partial charge in [-0.15, -0.1) is 0 Å². The zero-order chi connectivity index (χ0) is 14.7. The number of aromatic nitrogens is 1. The zero-order valence-corrected chi connectivity index (χ0v) is 12.0. The van der Waals surface area contributed by atoms with Gasteiger partial charge in [0.2, 0.25) is 0 Å². The summed E-state index contributed by atoms with van der Waals surface area (Å²) in [4.78, 5) is 10.9. The second-order valence-electron chi connectivity index (χ2n) is 4.54. The highest BCUT2D eigenvalue weighted by molar-refractivity contribution is 7.80. The van der Waals surface area contributed by atoms with Crippen molar-refractivity contribution in [3.8, 4) is 0 Å². The third-order valence-electron chi connectivity index (χ3n) is 3.10. The molecule has 0 fully saturated rings. The Hall–Kier alpha value is -2.54. The average Bonchev–Trinajstić information content (AvgIpc) is 3.01. The predicted molar refractivity (Wildman–Crippen MR) is 90.0 cm³/mol. The molecule has 3 rings (SSSR count). The molecule has 106 valence electrons. The van der Waals surface area contributed by atoms with Gasteiger partial charge < -0.3 is 10.6 Å². The van der Waals surface area contributed by atoms with Gasteiger partial charge in [-0.1, -0.05) is 24.3 Å². The maximum Gasteiger partial charge on any atom is 0.184 e. The lowest BCUT2D eigenvalue weighted by Crippen LogP contribution is -2.24. The molecule has 0 unspecified atom stereocenters. The van der Waals surface area contributed by atoms with Crippen LogP contribution in [0, 0.1) is 0 Å². The van der Waals surface area contributed by atoms with E-state index in [0.717, 1.165) is 35.4 Å². The predicted octanol–water partition coefficient (Wildman–Crippen LogP) is 1.25. The highest BCUT2D eigenvalue weighted by atomic mass is 32.1. The van der Waals surface area contributed by atoms with Crippen LogP contribution in [0.5, 0.6) is 0 Å². The molecule has 3 N–H and O–H groups in total. The van der Waals surface area contributed by atoms with Gasteiger partial charge in [0.25, 0.3) is 0 Å². The number of benzene rings is 1. The van der Waals surface area contributed by atoms with Gasteiger partial charge in [0, 0.05) is 11.9 Å². The van der Waals surface area contributed by atoms with Crippen LogP contribution in [0.3, 0.4) is 0 Å². The summed E-state index contributed by atoms with van der Waals surface area (Å²) < 4.78 is 0. The molecule has 0 bridgehead atoms. The van der Waals surface area contributed by atoms with E-state index in [1.807, 2.05) is 41.6 Å². The smallest absolute Gasteiger partial charge is 0.184 e. The fourth-order valence-electron chi connectivity index (χ4n) is 2.17. The Bertz CT molecular complexity index is 739. The van der Waals surface area contributed by atoms with E-state index in [-0.39, 0.29) is 5.11 Å². The van der Waals surface area contributed by atoms with E-state index < -0.39 is 0 Å². The zero-order valence-electron chi connectivity index (χ0n) is 11.2. The first kappa shape index (κ1) is 13.4. The number of fused-ring (bicyclic) bond motifs is 1. The highest BCUT2D eigenvalue weighted by Crippen LogP contribution is 2.22. The molecule has 2 heterocycles. The van der Waals surface area contributed by atoms with Crippen molar-refractivity contribution in [1.82, 2.24) is 10.4 Å². The summed E-state index contributed by atoms with van der Waals surface area (Å²) in [5.74, 6) is 0.853. The third-order valence-corrected chi connectivity index (χ3v) is 3.19. The normalized spacial score (nSPS) is 14.2. The van der Waals surface area contributed by atoms with E-state index in [0.29, 0.717) is 0 Å². The molecule has 7 heteroatoms. The van der Waals surface area contributed by atoms with Crippen molar-refractivity contribution in [3.05, 3.63) is 36.0 Å². The Kier molecular flexibility index (Phi) is 3.74. The Labute approximate surface area is 127 Å². The molecule has 0 aliphatic carbocycles. The summed E-state index contributed by atoms with van der Waals surface area (Å²) in [7, 11) is 0. The molecular formula is C14H14N6S. The second-order valence-corrected chi connectivity index (χ2v) is 4.98. The fraction of sp³-hybridized carbons (Fsp3) is 0.143. The number of hydrogen-bond donors (Lipinski definition) is 2. The first-order valence-corrected chi connectivity index (χ1v) is 6.90. The molecule has 0 spiro atoms. The number of nitrogens with two attached hydrogens (primary N) is 1. The van der Waals surface area contributed by atoms with E-state index >= 15 is 0 Å². The van der Waals surface area contributed by atoms with E-state index in [4.69, 9.17) is 18.0 Å². The van der Waals surface area contributed by atoms with Gasteiger partial charge in [-0.3, -0.25) is 10.4 Å². The number of thiocarbonyl (C=S) groups is 1. The van der Waals surface area contributed by atoms with E-state index in [2.05, 4.69) is 20.5 Å². The summed E-state index contributed by atoms with van der Waals surface area (Å²) in [5, 5.41) is 6.24. The van der Waals surface area contributed by atoms with Crippen LogP contribution in [-0.4, -0.2) is 35.7 Å². The highest BCUT2D eigenvalue weighted by Gasteiger charge is 2.12. The fourth-order valence-corrected chi connectivity index (χ4v) is 2.22. The first-order chi connectivity index (χ1) is 10.2. The minimum atomic E-state index is 0.124. The van der Waals surface area contributed by atoms with E-state index in [1.54, 1.807) is 6.21 Å². The number of hydrazone groups is 1. The SMILES string of the molecule is NC(=S)N/N=C/c1nc(N2C=NCC2)cc2ccccc12. The van der Waals surface area contributed by atoms with Crippen molar-refractivity contribution < 1.29 is 0 Å². The Morgan fingerprint density at radius 1 is 1.43 bits per heavy atom. The molecule has 2 aromatic rings. The number of rotatable bonds is 3. The monoisotopic (exact) mass is 298 g/mol. The van der Waals surface area contributed by atoms with E-state index in [1.165, 1.54) is 0 Å². The maximum absolute atomic E-state index is 5.36. The molecule has 1 aliphatic heterocycles. The summed E-state index contributed by atoms with van der Waals surface area (Å²) in [6, 6.07) is 10.1. The van der Waals surface area contributed by atoms with Gasteiger partial charge >= 0.3 is 0 Å². The van der Waals surface area contributed by atoms with Gasteiger partial charge in [0.15, 0.2) is 5.11 Å². The number of nitrogens with one attached hydrogen (secondary N) is 1. The molecule has 0 atom stereocenters. The molecule has 0 saturated carbocycles. The number of hydrogen-bond acceptors (Lipinski definition) is 5. The quantitative estimate of drug-likeness (QED) is 0.506. The van der Waals surface area contributed by atoms with Gasteiger partial charge in [-0.2, -0.15) is 5.10 Å². The molecular weight excluding hydrogens is 284 g/mol. The molecule has 0 saturated heterocycles. The lowest BCUT2D eigenvalue weighted by molar-refractivity contribution is 1.00. The Morgan fingerprint density at radius 3 is 3.05 bits per heavy atom. The maximum atomic E-state index is 5.36. The standard InChI is InChI=1S/C14H14N6S/c15-14(21)19-17-8-12-11-4-2-1-3-10(11)7-13(18-12)20-6-5-16-9-20/h1-4,7-9H,5-6H2,(H3,15,19,21)/b17-8+. The summed E-state index contributed by atoms with van der Waals surface area (Å²) in [6.45, 7) is 1.63.